The van der Waals surface area contributed by atoms with Gasteiger partial charge in [-0.05, 0) is 30.0 Å². The van der Waals surface area contributed by atoms with Gasteiger partial charge in [0.2, 0.25) is 6.41 Å². The van der Waals surface area contributed by atoms with E-state index in [2.05, 4.69) is 0 Å². The van der Waals surface area contributed by atoms with Crippen molar-refractivity contribution >= 4 is 29.8 Å². The zero-order valence-corrected chi connectivity index (χ0v) is 10.4. The molecule has 0 saturated carbocycles. The molecule has 0 bridgehead atoms. The van der Waals surface area contributed by atoms with Crippen LogP contribution in [0, 0.1) is 0 Å². The molecule has 0 fully saturated rings. The summed E-state index contributed by atoms with van der Waals surface area (Å²) in [6.07, 6.45) is 2.68. The third-order valence-electron chi connectivity index (χ3n) is 2.69. The molecule has 1 heterocycles. The first-order valence-electron chi connectivity index (χ1n) is 5.02. The number of hydrogen-bond donors (Lipinski definition) is 0. The van der Waals surface area contributed by atoms with Crippen LogP contribution < -0.4 is 0 Å². The van der Waals surface area contributed by atoms with Crippen LogP contribution in [0.5, 0.6) is 0 Å². The lowest BCUT2D eigenvalue weighted by atomic mass is 10.1. The summed E-state index contributed by atoms with van der Waals surface area (Å²) in [5, 5.41) is 2.96. The Hall–Kier alpha value is -0.930. The largest absolute Gasteiger partial charge is 0.317 e. The molecule has 0 aromatic heterocycles. The SMILES string of the molecule is CC1C(c2ccc(Cl)cc2)SC=CN1C=O. The van der Waals surface area contributed by atoms with Gasteiger partial charge in [0.1, 0.15) is 0 Å². The maximum absolute atomic E-state index is 10.8. The highest BCUT2D eigenvalue weighted by Gasteiger charge is 2.25. The summed E-state index contributed by atoms with van der Waals surface area (Å²) in [4.78, 5) is 12.5. The first-order chi connectivity index (χ1) is 7.72. The van der Waals surface area contributed by atoms with Crippen LogP contribution in [0.4, 0.5) is 0 Å². The minimum atomic E-state index is 0.161. The molecule has 84 valence electrons. The predicted octanol–water partition coefficient (Wildman–Crippen LogP) is 3.45. The van der Waals surface area contributed by atoms with Crippen LogP contribution in [0.2, 0.25) is 5.02 Å². The van der Waals surface area contributed by atoms with Crippen LogP contribution in [0.1, 0.15) is 17.7 Å². The summed E-state index contributed by atoms with van der Waals surface area (Å²) in [6, 6.07) is 7.95. The molecule has 0 aliphatic carbocycles. The van der Waals surface area contributed by atoms with E-state index in [1.165, 1.54) is 5.56 Å². The Balaban J connectivity index is 2.24. The summed E-state index contributed by atoms with van der Waals surface area (Å²) in [7, 11) is 0. The van der Waals surface area contributed by atoms with Gasteiger partial charge >= 0.3 is 0 Å². The molecule has 1 aromatic carbocycles. The average Bonchev–Trinajstić information content (AvgIpc) is 2.31. The molecular formula is C12H12ClNOS. The summed E-state index contributed by atoms with van der Waals surface area (Å²) >= 11 is 7.58. The lowest BCUT2D eigenvalue weighted by Gasteiger charge is -2.32. The number of carbonyl (C=O) groups is 1. The van der Waals surface area contributed by atoms with Crippen LogP contribution in [0.25, 0.3) is 0 Å². The highest BCUT2D eigenvalue weighted by atomic mass is 35.5. The molecule has 2 nitrogen and oxygen atoms in total. The van der Waals surface area contributed by atoms with Crippen molar-refractivity contribution in [3.8, 4) is 0 Å². The van der Waals surface area contributed by atoms with Gasteiger partial charge in [-0.2, -0.15) is 0 Å². The number of amides is 1. The van der Waals surface area contributed by atoms with E-state index in [1.807, 2.05) is 42.8 Å². The van der Waals surface area contributed by atoms with Gasteiger partial charge in [0.25, 0.3) is 0 Å². The van der Waals surface area contributed by atoms with E-state index in [0.29, 0.717) is 0 Å². The number of benzene rings is 1. The molecule has 2 rings (SSSR count). The van der Waals surface area contributed by atoms with Crippen LogP contribution in [-0.2, 0) is 4.79 Å². The van der Waals surface area contributed by atoms with Crippen molar-refractivity contribution in [1.29, 1.82) is 0 Å². The summed E-state index contributed by atoms with van der Waals surface area (Å²) in [6.45, 7) is 2.05. The Morgan fingerprint density at radius 3 is 2.69 bits per heavy atom. The molecule has 1 aliphatic rings. The third-order valence-corrected chi connectivity index (χ3v) is 4.18. The standard InChI is InChI=1S/C12H12ClNOS/c1-9-12(16-7-6-14(9)8-15)10-2-4-11(13)5-3-10/h2-9,12H,1H3. The quantitative estimate of drug-likeness (QED) is 0.753. The number of nitrogens with zero attached hydrogens (tertiary/aromatic N) is 1. The van der Waals surface area contributed by atoms with Crippen LogP contribution in [0.15, 0.2) is 35.9 Å². The second-order valence-electron chi connectivity index (χ2n) is 3.69. The summed E-state index contributed by atoms with van der Waals surface area (Å²) < 4.78 is 0. The van der Waals surface area contributed by atoms with Gasteiger partial charge in [-0.1, -0.05) is 23.7 Å². The predicted molar refractivity (Wildman–Crippen MR) is 68.3 cm³/mol. The van der Waals surface area contributed by atoms with Gasteiger partial charge in [0.15, 0.2) is 0 Å². The van der Waals surface area contributed by atoms with Gasteiger partial charge in [0, 0.05) is 17.3 Å². The molecular weight excluding hydrogens is 242 g/mol. The van der Waals surface area contributed by atoms with Crippen molar-refractivity contribution in [2.75, 3.05) is 0 Å². The van der Waals surface area contributed by atoms with E-state index in [0.717, 1.165) is 11.4 Å². The fourth-order valence-corrected chi connectivity index (χ4v) is 2.92. The smallest absolute Gasteiger partial charge is 0.213 e. The molecule has 0 radical (unpaired) electrons. The molecule has 0 saturated heterocycles. The van der Waals surface area contributed by atoms with Gasteiger partial charge < -0.3 is 4.90 Å². The molecule has 2 atom stereocenters. The Bertz CT molecular complexity index is 404. The maximum Gasteiger partial charge on any atom is 0.213 e. The van der Waals surface area contributed by atoms with Gasteiger partial charge in [0.05, 0.1) is 5.25 Å². The molecule has 0 N–H and O–H groups in total. The van der Waals surface area contributed by atoms with E-state index in [9.17, 15) is 4.79 Å². The molecule has 4 heteroatoms. The molecule has 0 spiro atoms. The zero-order chi connectivity index (χ0) is 11.5. The van der Waals surface area contributed by atoms with Crippen molar-refractivity contribution < 1.29 is 4.79 Å². The fraction of sp³-hybridized carbons (Fsp3) is 0.250. The lowest BCUT2D eigenvalue weighted by Crippen LogP contribution is -2.33. The van der Waals surface area contributed by atoms with Crippen LogP contribution in [-0.4, -0.2) is 17.4 Å². The van der Waals surface area contributed by atoms with E-state index in [1.54, 1.807) is 16.7 Å². The molecule has 1 aromatic rings. The van der Waals surface area contributed by atoms with Crippen molar-refractivity contribution in [3.63, 3.8) is 0 Å². The van der Waals surface area contributed by atoms with Gasteiger partial charge in [-0.25, -0.2) is 0 Å². The van der Waals surface area contributed by atoms with E-state index >= 15 is 0 Å². The molecule has 1 amide bonds. The minimum Gasteiger partial charge on any atom is -0.317 e. The highest BCUT2D eigenvalue weighted by Crippen LogP contribution is 2.38. The number of carbonyl (C=O) groups excluding carboxylic acids is 1. The zero-order valence-electron chi connectivity index (χ0n) is 8.84. The van der Waals surface area contributed by atoms with Gasteiger partial charge in [-0.15, -0.1) is 11.8 Å². The topological polar surface area (TPSA) is 20.3 Å². The van der Waals surface area contributed by atoms with Crippen molar-refractivity contribution in [2.24, 2.45) is 0 Å². The first kappa shape index (κ1) is 11.6. The Morgan fingerprint density at radius 1 is 1.38 bits per heavy atom. The Labute approximate surface area is 104 Å². The number of rotatable bonds is 2. The Morgan fingerprint density at radius 2 is 2.06 bits per heavy atom. The highest BCUT2D eigenvalue weighted by molar-refractivity contribution is 8.02. The normalized spacial score (nSPS) is 24.5. The van der Waals surface area contributed by atoms with Crippen molar-refractivity contribution in [3.05, 3.63) is 46.5 Å². The fourth-order valence-electron chi connectivity index (χ4n) is 1.74. The van der Waals surface area contributed by atoms with E-state index in [-0.39, 0.29) is 11.3 Å². The molecule has 2 unspecified atom stereocenters. The second-order valence-corrected chi connectivity index (χ2v) is 5.18. The molecule has 16 heavy (non-hydrogen) atoms. The average molecular weight is 254 g/mol. The van der Waals surface area contributed by atoms with E-state index < -0.39 is 0 Å². The third kappa shape index (κ3) is 2.25. The van der Waals surface area contributed by atoms with E-state index in [4.69, 9.17) is 11.6 Å². The molecule has 1 aliphatic heterocycles. The summed E-state index contributed by atoms with van der Waals surface area (Å²) in [5.41, 5.74) is 1.19. The second kappa shape index (κ2) is 4.93. The van der Waals surface area contributed by atoms with Gasteiger partial charge in [-0.3, -0.25) is 4.79 Å². The summed E-state index contributed by atoms with van der Waals surface area (Å²) in [5.74, 6) is 0. The van der Waals surface area contributed by atoms with Crippen LogP contribution in [0.3, 0.4) is 0 Å². The monoisotopic (exact) mass is 253 g/mol. The van der Waals surface area contributed by atoms with Crippen molar-refractivity contribution in [2.45, 2.75) is 18.2 Å². The minimum absolute atomic E-state index is 0.161. The van der Waals surface area contributed by atoms with Crippen molar-refractivity contribution in [1.82, 2.24) is 4.90 Å². The maximum atomic E-state index is 10.8. The Kier molecular flexibility index (Phi) is 3.56. The number of thioether (sulfide) groups is 1. The number of halogens is 1. The van der Waals surface area contributed by atoms with Crippen LogP contribution >= 0.6 is 23.4 Å². The lowest BCUT2D eigenvalue weighted by molar-refractivity contribution is -0.117. The number of hydrogen-bond acceptors (Lipinski definition) is 2. The first-order valence-corrected chi connectivity index (χ1v) is 6.35.